The van der Waals surface area contributed by atoms with E-state index in [1.165, 1.54) is 0 Å². The third-order valence-corrected chi connectivity index (χ3v) is 4.54. The molecule has 1 aromatic heterocycles. The Morgan fingerprint density at radius 2 is 2.22 bits per heavy atom. The summed E-state index contributed by atoms with van der Waals surface area (Å²) in [5, 5.41) is 9.65. The van der Waals surface area contributed by atoms with Crippen molar-refractivity contribution in [2.24, 2.45) is 11.7 Å². The molecule has 0 bridgehead atoms. The third kappa shape index (κ3) is 3.05. The van der Waals surface area contributed by atoms with Gasteiger partial charge in [-0.25, -0.2) is 4.98 Å². The maximum Gasteiger partial charge on any atom is 0.316 e. The van der Waals surface area contributed by atoms with Crippen LogP contribution in [0.25, 0.3) is 12.3 Å². The second-order valence-electron chi connectivity index (χ2n) is 6.04. The van der Waals surface area contributed by atoms with Gasteiger partial charge in [0.25, 0.3) is 0 Å². The first kappa shape index (κ1) is 15.5. The van der Waals surface area contributed by atoms with Crippen LogP contribution in [0.15, 0.2) is 42.9 Å². The molecule has 23 heavy (non-hydrogen) atoms. The zero-order valence-corrected chi connectivity index (χ0v) is 12.9. The molecule has 5 nitrogen and oxygen atoms in total. The first-order valence-electron chi connectivity index (χ1n) is 7.87. The molecule has 120 valence electrons. The van der Waals surface area contributed by atoms with Gasteiger partial charge in [-0.2, -0.15) is 0 Å². The Morgan fingerprint density at radius 1 is 1.43 bits per heavy atom. The molecule has 3 N–H and O–H groups in total. The smallest absolute Gasteiger partial charge is 0.316 e. The first-order valence-corrected chi connectivity index (χ1v) is 7.87. The highest BCUT2D eigenvalue weighted by atomic mass is 16.4. The molecule has 1 saturated carbocycles. The number of nitrogens with two attached hydrogens (primary N) is 1. The molecule has 2 aromatic rings. The highest BCUT2D eigenvalue weighted by Gasteiger charge is 2.62. The van der Waals surface area contributed by atoms with E-state index in [1.807, 2.05) is 53.4 Å². The standard InChI is InChI=1S/C18H21N3O2/c19-9-4-7-15-11-18(15,17(22)23)16-12-21(13-20-16)10-8-14-5-2-1-3-6-14/h1-3,5-6,8,10,12-13,15H,4,7,9,11,19H2,(H,22,23)/b10-8+. The molecule has 1 fully saturated rings. The van der Waals surface area contributed by atoms with Crippen LogP contribution in [0.3, 0.4) is 0 Å². The number of nitrogens with zero attached hydrogens (tertiary/aromatic N) is 2. The van der Waals surface area contributed by atoms with Gasteiger partial charge in [-0.05, 0) is 43.4 Å². The molecule has 5 heteroatoms. The van der Waals surface area contributed by atoms with E-state index in [4.69, 9.17) is 5.73 Å². The third-order valence-electron chi connectivity index (χ3n) is 4.54. The molecule has 1 heterocycles. The predicted octanol–water partition coefficient (Wildman–Crippen LogP) is 2.59. The predicted molar refractivity (Wildman–Crippen MR) is 89.6 cm³/mol. The number of rotatable bonds is 7. The van der Waals surface area contributed by atoms with Gasteiger partial charge in [0, 0.05) is 12.4 Å². The SMILES string of the molecule is NCCCC1CC1(C(=O)O)c1cn(/C=C/c2ccccc2)cn1. The highest BCUT2D eigenvalue weighted by molar-refractivity contribution is 5.85. The topological polar surface area (TPSA) is 81.1 Å². The van der Waals surface area contributed by atoms with Crippen LogP contribution in [-0.2, 0) is 10.2 Å². The van der Waals surface area contributed by atoms with Crippen LogP contribution >= 0.6 is 0 Å². The van der Waals surface area contributed by atoms with Gasteiger partial charge in [-0.15, -0.1) is 0 Å². The van der Waals surface area contributed by atoms with Crippen molar-refractivity contribution in [2.75, 3.05) is 6.54 Å². The number of carboxylic acids is 1. The van der Waals surface area contributed by atoms with E-state index in [9.17, 15) is 9.90 Å². The average Bonchev–Trinajstić information content (AvgIpc) is 3.12. The lowest BCUT2D eigenvalue weighted by Crippen LogP contribution is -2.23. The molecule has 2 atom stereocenters. The lowest BCUT2D eigenvalue weighted by molar-refractivity contribution is -0.140. The number of hydrogen-bond donors (Lipinski definition) is 2. The normalized spacial score (nSPS) is 23.3. The van der Waals surface area contributed by atoms with Gasteiger partial charge in [-0.3, -0.25) is 4.79 Å². The van der Waals surface area contributed by atoms with Crippen LogP contribution < -0.4 is 5.73 Å². The van der Waals surface area contributed by atoms with Crippen molar-refractivity contribution in [1.82, 2.24) is 9.55 Å². The van der Waals surface area contributed by atoms with Gasteiger partial charge in [0.2, 0.25) is 0 Å². The van der Waals surface area contributed by atoms with Crippen molar-refractivity contribution in [3.8, 4) is 0 Å². The molecule has 0 saturated heterocycles. The molecular formula is C18H21N3O2. The largest absolute Gasteiger partial charge is 0.481 e. The van der Waals surface area contributed by atoms with Crippen molar-refractivity contribution >= 4 is 18.2 Å². The molecule has 0 aliphatic heterocycles. The van der Waals surface area contributed by atoms with Crippen molar-refractivity contribution in [1.29, 1.82) is 0 Å². The van der Waals surface area contributed by atoms with Crippen LogP contribution in [-0.4, -0.2) is 27.2 Å². The van der Waals surface area contributed by atoms with Gasteiger partial charge >= 0.3 is 5.97 Å². The molecule has 3 rings (SSSR count). The van der Waals surface area contributed by atoms with E-state index in [-0.39, 0.29) is 5.92 Å². The van der Waals surface area contributed by atoms with Gasteiger partial charge in [0.15, 0.2) is 0 Å². The summed E-state index contributed by atoms with van der Waals surface area (Å²) in [4.78, 5) is 16.1. The van der Waals surface area contributed by atoms with Crippen LogP contribution in [0.2, 0.25) is 0 Å². The number of imidazole rings is 1. The van der Waals surface area contributed by atoms with Gasteiger partial charge in [-0.1, -0.05) is 30.3 Å². The van der Waals surface area contributed by atoms with Crippen LogP contribution in [0.1, 0.15) is 30.5 Å². The van der Waals surface area contributed by atoms with E-state index >= 15 is 0 Å². The molecule has 0 spiro atoms. The van der Waals surface area contributed by atoms with Crippen molar-refractivity contribution in [3.05, 3.63) is 54.1 Å². The van der Waals surface area contributed by atoms with E-state index in [1.54, 1.807) is 6.33 Å². The van der Waals surface area contributed by atoms with Crippen molar-refractivity contribution in [3.63, 3.8) is 0 Å². The van der Waals surface area contributed by atoms with E-state index in [2.05, 4.69) is 4.98 Å². The number of aromatic nitrogens is 2. The van der Waals surface area contributed by atoms with Crippen molar-refractivity contribution in [2.45, 2.75) is 24.7 Å². The number of carbonyl (C=O) groups is 1. The lowest BCUT2D eigenvalue weighted by Gasteiger charge is -2.09. The van der Waals surface area contributed by atoms with Crippen LogP contribution in [0.5, 0.6) is 0 Å². The number of benzene rings is 1. The maximum absolute atomic E-state index is 11.7. The molecule has 0 amide bonds. The minimum Gasteiger partial charge on any atom is -0.481 e. The van der Waals surface area contributed by atoms with Gasteiger partial charge in [0.05, 0.1) is 12.0 Å². The summed E-state index contributed by atoms with van der Waals surface area (Å²) < 4.78 is 1.81. The Bertz CT molecular complexity index is 708. The molecule has 1 aliphatic rings. The van der Waals surface area contributed by atoms with E-state index < -0.39 is 11.4 Å². The Labute approximate surface area is 135 Å². The monoisotopic (exact) mass is 311 g/mol. The van der Waals surface area contributed by atoms with E-state index in [0.717, 1.165) is 18.4 Å². The van der Waals surface area contributed by atoms with Gasteiger partial charge in [0.1, 0.15) is 5.41 Å². The van der Waals surface area contributed by atoms with Crippen LogP contribution in [0.4, 0.5) is 0 Å². The number of carboxylic acid groups (broad SMARTS) is 1. The fraction of sp³-hybridized carbons (Fsp3) is 0.333. The number of hydrogen-bond acceptors (Lipinski definition) is 3. The Balaban J connectivity index is 1.76. The van der Waals surface area contributed by atoms with Crippen molar-refractivity contribution < 1.29 is 9.90 Å². The zero-order valence-electron chi connectivity index (χ0n) is 12.9. The summed E-state index contributed by atoms with van der Waals surface area (Å²) in [6.45, 7) is 0.598. The molecule has 1 aliphatic carbocycles. The minimum atomic E-state index is -0.818. The Morgan fingerprint density at radius 3 is 2.91 bits per heavy atom. The molecule has 1 aromatic carbocycles. The van der Waals surface area contributed by atoms with Gasteiger partial charge < -0.3 is 15.4 Å². The molecule has 2 unspecified atom stereocenters. The zero-order chi connectivity index (χ0) is 16.3. The fourth-order valence-electron chi connectivity index (χ4n) is 3.11. The fourth-order valence-corrected chi connectivity index (χ4v) is 3.11. The maximum atomic E-state index is 11.7. The summed E-state index contributed by atoms with van der Waals surface area (Å²) in [5.41, 5.74) is 6.44. The summed E-state index contributed by atoms with van der Waals surface area (Å²) >= 11 is 0. The Hall–Kier alpha value is -2.40. The molecule has 0 radical (unpaired) electrons. The lowest BCUT2D eigenvalue weighted by atomic mass is 9.98. The highest BCUT2D eigenvalue weighted by Crippen LogP contribution is 2.56. The average molecular weight is 311 g/mol. The summed E-state index contributed by atoms with van der Waals surface area (Å²) in [6, 6.07) is 9.95. The van der Waals surface area contributed by atoms with E-state index in [0.29, 0.717) is 18.7 Å². The van der Waals surface area contributed by atoms with Crippen LogP contribution in [0, 0.1) is 5.92 Å². The summed E-state index contributed by atoms with van der Waals surface area (Å²) in [5.74, 6) is -0.637. The second kappa shape index (κ2) is 6.38. The minimum absolute atomic E-state index is 0.144. The second-order valence-corrected chi connectivity index (χ2v) is 6.04. The number of aliphatic carboxylic acids is 1. The Kier molecular flexibility index (Phi) is 4.30. The quantitative estimate of drug-likeness (QED) is 0.823. The summed E-state index contributed by atoms with van der Waals surface area (Å²) in [7, 11) is 0. The summed E-state index contributed by atoms with van der Waals surface area (Å²) in [6.07, 6.45) is 9.69. The molecular weight excluding hydrogens is 290 g/mol. The first-order chi connectivity index (χ1) is 11.2.